The summed E-state index contributed by atoms with van der Waals surface area (Å²) in [5.41, 5.74) is 1.80. The number of carbonyl (C=O) groups excluding carboxylic acids is 4. The van der Waals surface area contributed by atoms with Gasteiger partial charge in [0.15, 0.2) is 9.75 Å². The molecule has 42 heavy (non-hydrogen) atoms. The SMILES string of the molecule is COc1cc(O)c(C2C3=CCC4C(=O)N(c5ccc(C)c(Cl)c5)C(=O)C4C3CC3(Cl)C(=O)N(C)C(=O)C23Cl)c(OC)c1. The van der Waals surface area contributed by atoms with Crippen LogP contribution in [0.4, 0.5) is 5.69 Å². The maximum Gasteiger partial charge on any atom is 0.253 e. The lowest BCUT2D eigenvalue weighted by Gasteiger charge is -2.51. The first-order chi connectivity index (χ1) is 19.8. The number of ether oxygens (including phenoxy) is 2. The average Bonchev–Trinajstić information content (AvgIpc) is 3.29. The van der Waals surface area contributed by atoms with Crippen molar-refractivity contribution in [3.63, 3.8) is 0 Å². The Bertz CT molecular complexity index is 1630. The van der Waals surface area contributed by atoms with Gasteiger partial charge in [-0.1, -0.05) is 29.3 Å². The van der Waals surface area contributed by atoms with Crippen LogP contribution in [0.5, 0.6) is 17.2 Å². The zero-order chi connectivity index (χ0) is 30.5. The Hall–Kier alpha value is -3.27. The van der Waals surface area contributed by atoms with E-state index in [1.54, 1.807) is 24.3 Å². The molecule has 6 atom stereocenters. The highest BCUT2D eigenvalue weighted by atomic mass is 35.5. The Morgan fingerprint density at radius 3 is 2.33 bits per heavy atom. The molecule has 0 bridgehead atoms. The zero-order valence-electron chi connectivity index (χ0n) is 23.1. The Kier molecular flexibility index (Phi) is 6.61. The molecule has 6 rings (SSSR count). The van der Waals surface area contributed by atoms with Gasteiger partial charge in [-0.05, 0) is 43.4 Å². The Morgan fingerprint density at radius 1 is 0.976 bits per heavy atom. The second-order valence-corrected chi connectivity index (χ2v) is 12.9. The number of carbonyl (C=O) groups is 4. The average molecular weight is 634 g/mol. The number of allylic oxidation sites excluding steroid dienone is 2. The third kappa shape index (κ3) is 3.56. The van der Waals surface area contributed by atoms with Gasteiger partial charge < -0.3 is 14.6 Å². The molecule has 3 fully saturated rings. The summed E-state index contributed by atoms with van der Waals surface area (Å²) < 4.78 is 10.9. The summed E-state index contributed by atoms with van der Waals surface area (Å²) in [5.74, 6) is -5.72. The van der Waals surface area contributed by atoms with Gasteiger partial charge in [0, 0.05) is 35.7 Å². The number of fused-ring (bicyclic) bond motifs is 4. The quantitative estimate of drug-likeness (QED) is 0.298. The first-order valence-corrected chi connectivity index (χ1v) is 14.4. The number of aryl methyl sites for hydroxylation is 1. The predicted molar refractivity (Wildman–Crippen MR) is 155 cm³/mol. The van der Waals surface area contributed by atoms with Crippen molar-refractivity contribution in [3.05, 3.63) is 58.1 Å². The van der Waals surface area contributed by atoms with Gasteiger partial charge in [0.2, 0.25) is 11.8 Å². The number of rotatable bonds is 4. The van der Waals surface area contributed by atoms with Crippen molar-refractivity contribution in [2.45, 2.75) is 35.4 Å². The minimum Gasteiger partial charge on any atom is -0.507 e. The van der Waals surface area contributed by atoms with E-state index in [0.717, 1.165) is 15.4 Å². The summed E-state index contributed by atoms with van der Waals surface area (Å²) in [6.45, 7) is 1.82. The normalized spacial score (nSPS) is 32.0. The highest BCUT2D eigenvalue weighted by Gasteiger charge is 2.76. The fraction of sp³-hybridized carbons (Fsp3) is 0.400. The van der Waals surface area contributed by atoms with Crippen LogP contribution in [-0.2, 0) is 19.2 Å². The first-order valence-electron chi connectivity index (χ1n) is 13.3. The number of phenols is 1. The largest absolute Gasteiger partial charge is 0.507 e. The van der Waals surface area contributed by atoms with Crippen LogP contribution in [0.25, 0.3) is 0 Å². The number of nitrogens with zero attached hydrogens (tertiary/aromatic N) is 2. The third-order valence-corrected chi connectivity index (χ3v) is 11.1. The number of methoxy groups -OCH3 is 2. The molecule has 12 heteroatoms. The summed E-state index contributed by atoms with van der Waals surface area (Å²) in [6.07, 6.45) is 1.79. The van der Waals surface area contributed by atoms with Crippen molar-refractivity contribution >= 4 is 64.1 Å². The van der Waals surface area contributed by atoms with Crippen LogP contribution in [0, 0.1) is 24.7 Å². The van der Waals surface area contributed by atoms with Gasteiger partial charge in [-0.3, -0.25) is 24.1 Å². The highest BCUT2D eigenvalue weighted by Crippen LogP contribution is 2.67. The molecule has 4 aliphatic rings. The molecule has 0 aromatic heterocycles. The van der Waals surface area contributed by atoms with E-state index < -0.39 is 51.1 Å². The first kappa shape index (κ1) is 28.8. The van der Waals surface area contributed by atoms with E-state index in [4.69, 9.17) is 44.3 Å². The summed E-state index contributed by atoms with van der Waals surface area (Å²) in [5, 5.41) is 11.7. The lowest BCUT2D eigenvalue weighted by molar-refractivity contribution is -0.138. The smallest absolute Gasteiger partial charge is 0.253 e. The molecular formula is C30H27Cl3N2O7. The number of halogens is 3. The van der Waals surface area contributed by atoms with Crippen molar-refractivity contribution in [1.29, 1.82) is 0 Å². The molecule has 220 valence electrons. The van der Waals surface area contributed by atoms with E-state index in [2.05, 4.69) is 0 Å². The molecule has 9 nitrogen and oxygen atoms in total. The van der Waals surface area contributed by atoms with Gasteiger partial charge >= 0.3 is 0 Å². The summed E-state index contributed by atoms with van der Waals surface area (Å²) in [4.78, 5) is 53.2. The van der Waals surface area contributed by atoms with Gasteiger partial charge in [0.1, 0.15) is 17.2 Å². The lowest BCUT2D eigenvalue weighted by atomic mass is 9.56. The number of aromatic hydroxyl groups is 1. The topological polar surface area (TPSA) is 113 Å². The van der Waals surface area contributed by atoms with Crippen LogP contribution in [0.3, 0.4) is 0 Å². The van der Waals surface area contributed by atoms with Crippen LogP contribution >= 0.6 is 34.8 Å². The maximum atomic E-state index is 14.1. The van der Waals surface area contributed by atoms with E-state index >= 15 is 0 Å². The van der Waals surface area contributed by atoms with Crippen LogP contribution in [0.1, 0.15) is 29.9 Å². The minimum atomic E-state index is -2.06. The number of likely N-dealkylation sites (tertiary alicyclic amines) is 1. The predicted octanol–water partition coefficient (Wildman–Crippen LogP) is 4.56. The molecular weight excluding hydrogens is 607 g/mol. The maximum absolute atomic E-state index is 14.1. The molecule has 2 heterocycles. The van der Waals surface area contributed by atoms with Crippen LogP contribution < -0.4 is 14.4 Å². The summed E-state index contributed by atoms with van der Waals surface area (Å²) in [6, 6.07) is 7.84. The number of hydrogen-bond donors (Lipinski definition) is 1. The minimum absolute atomic E-state index is 0.128. The van der Waals surface area contributed by atoms with Crippen molar-refractivity contribution in [3.8, 4) is 17.2 Å². The Morgan fingerprint density at radius 2 is 1.69 bits per heavy atom. The number of phenolic OH excluding ortho intramolecular Hbond substituents is 1. The van der Waals surface area contributed by atoms with E-state index in [1.807, 2.05) is 6.92 Å². The standard InChI is InChI=1S/C30H27Cl3N2O7/c1-13-5-6-14(9-19(13)31)35-25(37)17-8-7-16-18(22(17)26(35)38)12-29(32)27(39)34(2)28(40)30(29,33)24(16)23-20(36)10-15(41-3)11-21(23)42-4/h5-7,9-11,17-18,22,24,36H,8,12H2,1-4H3. The second kappa shape index (κ2) is 9.62. The molecule has 2 aromatic rings. The van der Waals surface area contributed by atoms with E-state index in [0.29, 0.717) is 16.3 Å². The fourth-order valence-electron chi connectivity index (χ4n) is 7.20. The number of amides is 4. The summed E-state index contributed by atoms with van der Waals surface area (Å²) >= 11 is 20.7. The monoisotopic (exact) mass is 632 g/mol. The molecule has 2 aromatic carbocycles. The second-order valence-electron chi connectivity index (χ2n) is 11.2. The van der Waals surface area contributed by atoms with Gasteiger partial charge in [-0.15, -0.1) is 23.2 Å². The molecule has 0 spiro atoms. The van der Waals surface area contributed by atoms with Crippen LogP contribution in [-0.4, -0.2) is 64.7 Å². The number of alkyl halides is 2. The molecule has 6 unspecified atom stereocenters. The molecule has 0 radical (unpaired) electrons. The van der Waals surface area contributed by atoms with Gasteiger partial charge in [0.05, 0.1) is 31.7 Å². The van der Waals surface area contributed by atoms with E-state index in [1.165, 1.54) is 33.4 Å². The highest BCUT2D eigenvalue weighted by molar-refractivity contribution is 6.53. The third-order valence-electron chi connectivity index (χ3n) is 9.27. The van der Waals surface area contributed by atoms with Crippen molar-refractivity contribution in [2.75, 3.05) is 26.2 Å². The number of hydrogen-bond acceptors (Lipinski definition) is 7. The number of benzene rings is 2. The van der Waals surface area contributed by atoms with Gasteiger partial charge in [-0.25, -0.2) is 4.90 Å². The molecule has 2 aliphatic heterocycles. The number of imide groups is 2. The Labute approximate surface area is 256 Å². The van der Waals surface area contributed by atoms with Crippen molar-refractivity contribution in [1.82, 2.24) is 4.90 Å². The molecule has 1 N–H and O–H groups in total. The molecule has 1 saturated carbocycles. The van der Waals surface area contributed by atoms with E-state index in [-0.39, 0.29) is 41.6 Å². The molecule has 2 saturated heterocycles. The van der Waals surface area contributed by atoms with Crippen molar-refractivity contribution in [2.24, 2.45) is 17.8 Å². The molecule has 2 aliphatic carbocycles. The lowest BCUT2D eigenvalue weighted by Crippen LogP contribution is -2.60. The fourth-order valence-corrected chi connectivity index (χ4v) is 8.38. The van der Waals surface area contributed by atoms with Crippen LogP contribution in [0.15, 0.2) is 42.0 Å². The van der Waals surface area contributed by atoms with Gasteiger partial charge in [-0.2, -0.15) is 0 Å². The zero-order valence-corrected chi connectivity index (χ0v) is 25.4. The Balaban J connectivity index is 1.55. The van der Waals surface area contributed by atoms with E-state index in [9.17, 15) is 24.3 Å². The van der Waals surface area contributed by atoms with Crippen LogP contribution in [0.2, 0.25) is 5.02 Å². The van der Waals surface area contributed by atoms with Crippen molar-refractivity contribution < 1.29 is 33.8 Å². The summed E-state index contributed by atoms with van der Waals surface area (Å²) in [7, 11) is 4.11. The number of anilines is 1. The van der Waals surface area contributed by atoms with Gasteiger partial charge in [0.25, 0.3) is 11.8 Å². The molecule has 4 amide bonds.